The highest BCUT2D eigenvalue weighted by Gasteiger charge is 2.32. The molecular weight excluding hydrogens is 288 g/mol. The number of thiophene rings is 1. The van der Waals surface area contributed by atoms with Crippen LogP contribution >= 0.6 is 11.3 Å². The minimum absolute atomic E-state index is 0.152. The molecule has 2 heterocycles. The van der Waals surface area contributed by atoms with Gasteiger partial charge in [0, 0.05) is 13.1 Å². The molecule has 1 aromatic rings. The van der Waals surface area contributed by atoms with E-state index < -0.39 is 15.3 Å². The molecule has 1 saturated heterocycles. The van der Waals surface area contributed by atoms with Gasteiger partial charge in [-0.05, 0) is 24.3 Å². The van der Waals surface area contributed by atoms with Crippen LogP contribution in [0.4, 0.5) is 0 Å². The molecule has 8 heteroatoms. The van der Waals surface area contributed by atoms with Crippen molar-refractivity contribution in [3.05, 3.63) is 16.3 Å². The molecule has 1 aromatic heterocycles. The highest BCUT2D eigenvalue weighted by atomic mass is 32.2. The second-order valence-electron chi connectivity index (χ2n) is 4.42. The van der Waals surface area contributed by atoms with Crippen molar-refractivity contribution in [3.8, 4) is 5.75 Å². The number of nitrogens with zero attached hydrogens (tertiary/aromatic N) is 1. The predicted molar refractivity (Wildman–Crippen MR) is 72.9 cm³/mol. The Morgan fingerprint density at radius 2 is 2.32 bits per heavy atom. The topological polar surface area (TPSA) is 89.7 Å². The molecule has 1 aliphatic rings. The first kappa shape index (κ1) is 14.3. The van der Waals surface area contributed by atoms with E-state index >= 15 is 0 Å². The third-order valence-corrected chi connectivity index (χ3v) is 5.37. The molecule has 19 heavy (non-hydrogen) atoms. The molecule has 1 fully saturated rings. The van der Waals surface area contributed by atoms with Gasteiger partial charge in [-0.3, -0.25) is 4.79 Å². The van der Waals surface area contributed by atoms with Gasteiger partial charge < -0.3 is 9.64 Å². The fourth-order valence-electron chi connectivity index (χ4n) is 2.15. The van der Waals surface area contributed by atoms with Gasteiger partial charge in [-0.25, -0.2) is 13.6 Å². The van der Waals surface area contributed by atoms with Gasteiger partial charge >= 0.3 is 0 Å². The Hall–Kier alpha value is -1.12. The quantitative estimate of drug-likeness (QED) is 0.888. The SMILES string of the molecule is COc1ccsc1C(=O)N1CCCC(S(N)(=O)=O)C1. The van der Waals surface area contributed by atoms with Gasteiger partial charge in [0.15, 0.2) is 0 Å². The fourth-order valence-corrected chi connectivity index (χ4v) is 3.86. The number of piperidine rings is 1. The first-order chi connectivity index (χ1) is 8.93. The standard InChI is InChI=1S/C11H16N2O4S2/c1-17-9-4-6-18-10(9)11(14)13-5-2-3-8(7-13)19(12,15)16/h4,6,8H,2-3,5,7H2,1H3,(H2,12,15,16). The van der Waals surface area contributed by atoms with Crippen LogP contribution in [-0.2, 0) is 10.0 Å². The van der Waals surface area contributed by atoms with Gasteiger partial charge in [-0.2, -0.15) is 0 Å². The minimum atomic E-state index is -3.60. The van der Waals surface area contributed by atoms with Crippen LogP contribution in [0.5, 0.6) is 5.75 Å². The lowest BCUT2D eigenvalue weighted by Gasteiger charge is -2.31. The van der Waals surface area contributed by atoms with Gasteiger partial charge in [-0.15, -0.1) is 11.3 Å². The number of ether oxygens (including phenoxy) is 1. The Bertz CT molecular complexity index is 567. The van der Waals surface area contributed by atoms with E-state index in [2.05, 4.69) is 0 Å². The second-order valence-corrected chi connectivity index (χ2v) is 7.18. The highest BCUT2D eigenvalue weighted by molar-refractivity contribution is 7.89. The van der Waals surface area contributed by atoms with Crippen molar-refractivity contribution in [2.75, 3.05) is 20.2 Å². The summed E-state index contributed by atoms with van der Waals surface area (Å²) in [7, 11) is -2.10. The molecule has 1 atom stereocenters. The van der Waals surface area contributed by atoms with Crippen LogP contribution in [0, 0.1) is 0 Å². The van der Waals surface area contributed by atoms with E-state index in [1.807, 2.05) is 0 Å². The normalized spacial score (nSPS) is 20.3. The van der Waals surface area contributed by atoms with Crippen LogP contribution < -0.4 is 9.88 Å². The van der Waals surface area contributed by atoms with Crippen molar-refractivity contribution in [1.29, 1.82) is 0 Å². The highest BCUT2D eigenvalue weighted by Crippen LogP contribution is 2.27. The van der Waals surface area contributed by atoms with E-state index in [4.69, 9.17) is 9.88 Å². The monoisotopic (exact) mass is 304 g/mol. The first-order valence-electron chi connectivity index (χ1n) is 5.86. The summed E-state index contributed by atoms with van der Waals surface area (Å²) >= 11 is 1.29. The fraction of sp³-hybridized carbons (Fsp3) is 0.545. The molecule has 1 aliphatic heterocycles. The lowest BCUT2D eigenvalue weighted by atomic mass is 10.1. The zero-order valence-electron chi connectivity index (χ0n) is 10.5. The largest absolute Gasteiger partial charge is 0.495 e. The molecule has 6 nitrogen and oxygen atoms in total. The molecule has 1 amide bonds. The maximum atomic E-state index is 12.3. The summed E-state index contributed by atoms with van der Waals surface area (Å²) in [4.78, 5) is 14.4. The Morgan fingerprint density at radius 1 is 1.58 bits per heavy atom. The maximum absolute atomic E-state index is 12.3. The Kier molecular flexibility index (Phi) is 4.12. The number of primary sulfonamides is 1. The zero-order chi connectivity index (χ0) is 14.0. The number of carbonyl (C=O) groups excluding carboxylic acids is 1. The van der Waals surface area contributed by atoms with E-state index in [-0.39, 0.29) is 12.5 Å². The zero-order valence-corrected chi connectivity index (χ0v) is 12.2. The van der Waals surface area contributed by atoms with E-state index in [1.165, 1.54) is 23.3 Å². The van der Waals surface area contributed by atoms with Crippen molar-refractivity contribution < 1.29 is 17.9 Å². The van der Waals surface area contributed by atoms with Gasteiger partial charge in [0.25, 0.3) is 5.91 Å². The number of nitrogens with two attached hydrogens (primary N) is 1. The van der Waals surface area contributed by atoms with E-state index in [0.29, 0.717) is 30.0 Å². The van der Waals surface area contributed by atoms with Crippen molar-refractivity contribution in [2.45, 2.75) is 18.1 Å². The number of amides is 1. The lowest BCUT2D eigenvalue weighted by molar-refractivity contribution is 0.0729. The van der Waals surface area contributed by atoms with E-state index in [9.17, 15) is 13.2 Å². The molecule has 2 N–H and O–H groups in total. The molecule has 0 aliphatic carbocycles. The number of sulfonamides is 1. The molecule has 0 radical (unpaired) electrons. The van der Waals surface area contributed by atoms with Crippen LogP contribution in [0.1, 0.15) is 22.5 Å². The summed E-state index contributed by atoms with van der Waals surface area (Å²) < 4.78 is 27.9. The van der Waals surface area contributed by atoms with Crippen LogP contribution in [0.15, 0.2) is 11.4 Å². The molecule has 1 unspecified atom stereocenters. The molecular formula is C11H16N2O4S2. The number of hydrogen-bond acceptors (Lipinski definition) is 5. The molecule has 0 saturated carbocycles. The molecule has 2 rings (SSSR count). The average molecular weight is 304 g/mol. The van der Waals surface area contributed by atoms with Gasteiger partial charge in [0.1, 0.15) is 10.6 Å². The summed E-state index contributed by atoms with van der Waals surface area (Å²) in [5, 5.41) is 6.26. The number of hydrogen-bond donors (Lipinski definition) is 1. The van der Waals surface area contributed by atoms with Crippen LogP contribution in [0.3, 0.4) is 0 Å². The van der Waals surface area contributed by atoms with Crippen molar-refractivity contribution in [1.82, 2.24) is 4.90 Å². The summed E-state index contributed by atoms with van der Waals surface area (Å²) in [6.07, 6.45) is 1.14. The third kappa shape index (κ3) is 3.07. The molecule has 0 spiro atoms. The van der Waals surface area contributed by atoms with Crippen molar-refractivity contribution >= 4 is 27.3 Å². The molecule has 0 aromatic carbocycles. The average Bonchev–Trinajstić information content (AvgIpc) is 2.85. The Morgan fingerprint density at radius 3 is 2.95 bits per heavy atom. The number of carbonyl (C=O) groups is 1. The van der Waals surface area contributed by atoms with Crippen molar-refractivity contribution in [2.24, 2.45) is 5.14 Å². The molecule has 106 valence electrons. The second kappa shape index (κ2) is 5.48. The Labute approximate surface area is 116 Å². The van der Waals surface area contributed by atoms with E-state index in [0.717, 1.165) is 0 Å². The predicted octanol–water partition coefficient (Wildman–Crippen LogP) is 0.650. The van der Waals surface area contributed by atoms with Gasteiger partial charge in [-0.1, -0.05) is 0 Å². The van der Waals surface area contributed by atoms with Gasteiger partial charge in [0.05, 0.1) is 12.4 Å². The van der Waals surface area contributed by atoms with E-state index in [1.54, 1.807) is 11.4 Å². The number of methoxy groups -OCH3 is 1. The third-order valence-electron chi connectivity index (χ3n) is 3.17. The van der Waals surface area contributed by atoms with Crippen LogP contribution in [0.2, 0.25) is 0 Å². The van der Waals surface area contributed by atoms with Crippen LogP contribution in [0.25, 0.3) is 0 Å². The van der Waals surface area contributed by atoms with Crippen LogP contribution in [-0.4, -0.2) is 44.7 Å². The van der Waals surface area contributed by atoms with Gasteiger partial charge in [0.2, 0.25) is 10.0 Å². The Balaban J connectivity index is 2.16. The first-order valence-corrected chi connectivity index (χ1v) is 8.34. The summed E-state index contributed by atoms with van der Waals surface area (Å²) in [5.74, 6) is 0.327. The minimum Gasteiger partial charge on any atom is -0.495 e. The summed E-state index contributed by atoms with van der Waals surface area (Å²) in [6.45, 7) is 0.699. The summed E-state index contributed by atoms with van der Waals surface area (Å²) in [5.41, 5.74) is 0. The molecule has 0 bridgehead atoms. The summed E-state index contributed by atoms with van der Waals surface area (Å²) in [6, 6.07) is 1.72. The number of rotatable bonds is 3. The van der Waals surface area contributed by atoms with Crippen molar-refractivity contribution in [3.63, 3.8) is 0 Å². The maximum Gasteiger partial charge on any atom is 0.267 e. The lowest BCUT2D eigenvalue weighted by Crippen LogP contribution is -2.46. The number of likely N-dealkylation sites (tertiary alicyclic amines) is 1. The smallest absolute Gasteiger partial charge is 0.267 e.